The number of aldehydes is 1. The van der Waals surface area contributed by atoms with Crippen molar-refractivity contribution in [1.82, 2.24) is 0 Å². The molecule has 0 radical (unpaired) electrons. The fourth-order valence-electron chi connectivity index (χ4n) is 1.76. The highest BCUT2D eigenvalue weighted by Gasteiger charge is 2.31. The van der Waals surface area contributed by atoms with E-state index < -0.39 is 0 Å². The molecule has 1 heterocycles. The van der Waals surface area contributed by atoms with Crippen molar-refractivity contribution in [3.8, 4) is 0 Å². The monoisotopic (exact) mass is 138 g/mol. The highest BCUT2D eigenvalue weighted by molar-refractivity contribution is 5.73. The normalized spacial score (nSPS) is 36.6. The lowest BCUT2D eigenvalue weighted by Crippen LogP contribution is -2.12. The van der Waals surface area contributed by atoms with Gasteiger partial charge in [0.25, 0.3) is 0 Å². The molecule has 1 fully saturated rings. The Morgan fingerprint density at radius 3 is 3.30 bits per heavy atom. The van der Waals surface area contributed by atoms with E-state index in [-0.39, 0.29) is 0 Å². The summed E-state index contributed by atoms with van der Waals surface area (Å²) in [6.45, 7) is 0. The molecule has 2 unspecified atom stereocenters. The molecule has 0 saturated heterocycles. The molecule has 0 N–H and O–H groups in total. The van der Waals surface area contributed by atoms with Crippen LogP contribution in [0.4, 0.5) is 0 Å². The van der Waals surface area contributed by atoms with E-state index in [1.807, 2.05) is 0 Å². The first-order valence-electron chi connectivity index (χ1n) is 3.71. The maximum atomic E-state index is 10.4. The third-order valence-corrected chi connectivity index (χ3v) is 2.39. The minimum absolute atomic E-state index is 0.411. The summed E-state index contributed by atoms with van der Waals surface area (Å²) < 4.78 is 5.28. The van der Waals surface area contributed by atoms with Crippen LogP contribution in [-0.2, 0) is 9.53 Å². The van der Waals surface area contributed by atoms with Crippen molar-refractivity contribution in [3.63, 3.8) is 0 Å². The molecule has 2 nitrogen and oxygen atoms in total. The Hall–Kier alpha value is -0.790. The number of hydrogen-bond acceptors (Lipinski definition) is 2. The number of rotatable bonds is 1. The van der Waals surface area contributed by atoms with Crippen LogP contribution in [0.1, 0.15) is 19.3 Å². The van der Waals surface area contributed by atoms with E-state index in [1.165, 1.54) is 0 Å². The fourth-order valence-corrected chi connectivity index (χ4v) is 1.76. The Kier molecular flexibility index (Phi) is 1.26. The molecular weight excluding hydrogens is 128 g/mol. The Morgan fingerprint density at radius 2 is 2.50 bits per heavy atom. The molecule has 1 saturated carbocycles. The van der Waals surface area contributed by atoms with Gasteiger partial charge in [-0.2, -0.15) is 0 Å². The molecule has 0 amide bonds. The molecule has 10 heavy (non-hydrogen) atoms. The molecule has 2 atom stereocenters. The van der Waals surface area contributed by atoms with Crippen molar-refractivity contribution >= 4 is 6.29 Å². The van der Waals surface area contributed by atoms with Crippen molar-refractivity contribution < 1.29 is 9.53 Å². The lowest BCUT2D eigenvalue weighted by molar-refractivity contribution is -0.105. The van der Waals surface area contributed by atoms with Gasteiger partial charge in [0, 0.05) is 5.57 Å². The van der Waals surface area contributed by atoms with E-state index in [1.54, 1.807) is 6.26 Å². The summed E-state index contributed by atoms with van der Waals surface area (Å²) in [5, 5.41) is 0. The average molecular weight is 138 g/mol. The third kappa shape index (κ3) is 0.753. The average Bonchev–Trinajstić information content (AvgIpc) is 2.34. The molecular formula is C8H10O2. The van der Waals surface area contributed by atoms with Gasteiger partial charge in [0.05, 0.1) is 12.4 Å². The third-order valence-electron chi connectivity index (χ3n) is 2.39. The summed E-state index contributed by atoms with van der Waals surface area (Å²) in [6, 6.07) is 0. The standard InChI is InChI=1S/C8H10O2/c9-4-7-5-10-8-2-1-6(7)3-8/h4-6,8H,1-3H2. The van der Waals surface area contributed by atoms with E-state index in [2.05, 4.69) is 0 Å². The molecule has 2 aliphatic rings. The first-order chi connectivity index (χ1) is 4.90. The number of carbonyl (C=O) groups is 1. The summed E-state index contributed by atoms with van der Waals surface area (Å²) >= 11 is 0. The zero-order valence-corrected chi connectivity index (χ0v) is 5.75. The van der Waals surface area contributed by atoms with Crippen LogP contribution in [0.5, 0.6) is 0 Å². The largest absolute Gasteiger partial charge is 0.498 e. The smallest absolute Gasteiger partial charge is 0.149 e. The molecule has 0 spiro atoms. The number of ether oxygens (including phenoxy) is 1. The van der Waals surface area contributed by atoms with E-state index in [0.717, 1.165) is 31.1 Å². The van der Waals surface area contributed by atoms with Gasteiger partial charge in [0.2, 0.25) is 0 Å². The van der Waals surface area contributed by atoms with Gasteiger partial charge in [-0.25, -0.2) is 0 Å². The summed E-state index contributed by atoms with van der Waals surface area (Å²) in [5.74, 6) is 0.510. The summed E-state index contributed by atoms with van der Waals surface area (Å²) in [5.41, 5.74) is 0.855. The summed E-state index contributed by atoms with van der Waals surface area (Å²) in [6.07, 6.45) is 6.29. The maximum absolute atomic E-state index is 10.4. The van der Waals surface area contributed by atoms with Crippen LogP contribution in [0.25, 0.3) is 0 Å². The Morgan fingerprint density at radius 1 is 1.60 bits per heavy atom. The maximum Gasteiger partial charge on any atom is 0.149 e. The molecule has 2 rings (SSSR count). The lowest BCUT2D eigenvalue weighted by atomic mass is 9.99. The molecule has 0 aromatic heterocycles. The van der Waals surface area contributed by atoms with E-state index >= 15 is 0 Å². The Labute approximate surface area is 59.9 Å². The van der Waals surface area contributed by atoms with Crippen LogP contribution in [0.15, 0.2) is 11.8 Å². The fraction of sp³-hybridized carbons (Fsp3) is 0.625. The van der Waals surface area contributed by atoms with Crippen molar-refractivity contribution in [2.75, 3.05) is 0 Å². The number of allylic oxidation sites excluding steroid dienone is 1. The number of carbonyl (C=O) groups excluding carboxylic acids is 1. The highest BCUT2D eigenvalue weighted by atomic mass is 16.5. The topological polar surface area (TPSA) is 26.3 Å². The van der Waals surface area contributed by atoms with Crippen LogP contribution in [0.3, 0.4) is 0 Å². The van der Waals surface area contributed by atoms with Gasteiger partial charge in [-0.1, -0.05) is 0 Å². The van der Waals surface area contributed by atoms with E-state index in [0.29, 0.717) is 12.0 Å². The second-order valence-corrected chi connectivity index (χ2v) is 3.00. The van der Waals surface area contributed by atoms with Gasteiger partial charge in [0.1, 0.15) is 6.29 Å². The van der Waals surface area contributed by atoms with Crippen LogP contribution in [-0.4, -0.2) is 12.4 Å². The van der Waals surface area contributed by atoms with Crippen LogP contribution < -0.4 is 0 Å². The van der Waals surface area contributed by atoms with Crippen molar-refractivity contribution in [2.45, 2.75) is 25.4 Å². The van der Waals surface area contributed by atoms with Gasteiger partial charge >= 0.3 is 0 Å². The molecule has 1 aliphatic carbocycles. The van der Waals surface area contributed by atoms with Crippen molar-refractivity contribution in [3.05, 3.63) is 11.8 Å². The lowest BCUT2D eigenvalue weighted by Gasteiger charge is -2.17. The predicted molar refractivity (Wildman–Crippen MR) is 36.4 cm³/mol. The van der Waals surface area contributed by atoms with Gasteiger partial charge in [0.15, 0.2) is 0 Å². The molecule has 2 heteroatoms. The van der Waals surface area contributed by atoms with Gasteiger partial charge in [-0.3, -0.25) is 4.79 Å². The quantitative estimate of drug-likeness (QED) is 0.510. The number of fused-ring (bicyclic) bond motifs is 2. The second kappa shape index (κ2) is 2.11. The van der Waals surface area contributed by atoms with Gasteiger partial charge < -0.3 is 4.74 Å². The van der Waals surface area contributed by atoms with E-state index in [4.69, 9.17) is 4.74 Å². The van der Waals surface area contributed by atoms with Crippen LogP contribution >= 0.6 is 0 Å². The zero-order valence-electron chi connectivity index (χ0n) is 5.75. The molecule has 2 bridgehead atoms. The second-order valence-electron chi connectivity index (χ2n) is 3.00. The summed E-state index contributed by atoms with van der Waals surface area (Å²) in [4.78, 5) is 10.4. The van der Waals surface area contributed by atoms with E-state index in [9.17, 15) is 4.79 Å². The van der Waals surface area contributed by atoms with Crippen LogP contribution in [0, 0.1) is 5.92 Å². The molecule has 54 valence electrons. The number of hydrogen-bond donors (Lipinski definition) is 0. The zero-order chi connectivity index (χ0) is 6.97. The minimum Gasteiger partial charge on any atom is -0.498 e. The summed E-state index contributed by atoms with van der Waals surface area (Å²) in [7, 11) is 0. The minimum atomic E-state index is 0.411. The SMILES string of the molecule is O=CC1=COC2CCC1C2. The molecule has 0 aromatic carbocycles. The van der Waals surface area contributed by atoms with Crippen molar-refractivity contribution in [2.24, 2.45) is 5.92 Å². The van der Waals surface area contributed by atoms with Crippen molar-refractivity contribution in [1.29, 1.82) is 0 Å². The first-order valence-corrected chi connectivity index (χ1v) is 3.71. The van der Waals surface area contributed by atoms with Gasteiger partial charge in [-0.05, 0) is 25.2 Å². The van der Waals surface area contributed by atoms with Gasteiger partial charge in [-0.15, -0.1) is 0 Å². The predicted octanol–water partition coefficient (Wildman–Crippen LogP) is 1.27. The highest BCUT2D eigenvalue weighted by Crippen LogP contribution is 2.36. The molecule has 0 aromatic rings. The Balaban J connectivity index is 2.21. The Bertz CT molecular complexity index is 184. The van der Waals surface area contributed by atoms with Crippen LogP contribution in [0.2, 0.25) is 0 Å². The molecule has 1 aliphatic heterocycles. The first kappa shape index (κ1) is 5.96.